The highest BCUT2D eigenvalue weighted by atomic mass is 79.9. The second kappa shape index (κ2) is 11.5. The van der Waals surface area contributed by atoms with Crippen LogP contribution >= 0.6 is 15.9 Å². The Kier molecular flexibility index (Phi) is 8.49. The smallest absolute Gasteiger partial charge is 0.343 e. The number of nitrogens with one attached hydrogen (secondary N) is 1. The lowest BCUT2D eigenvalue weighted by Gasteiger charge is -2.17. The minimum atomic E-state index is -0.499. The highest BCUT2D eigenvalue weighted by molar-refractivity contribution is 9.10. The van der Waals surface area contributed by atoms with E-state index in [1.54, 1.807) is 24.3 Å². The second-order valence-corrected chi connectivity index (χ2v) is 7.92. The molecule has 2 aromatic carbocycles. The summed E-state index contributed by atoms with van der Waals surface area (Å²) in [6.07, 6.45) is 3.92. The first kappa shape index (κ1) is 23.6. The molecule has 0 aliphatic carbocycles. The van der Waals surface area contributed by atoms with E-state index in [1.165, 1.54) is 26.2 Å². The van der Waals surface area contributed by atoms with Gasteiger partial charge in [0.1, 0.15) is 0 Å². The Morgan fingerprint density at radius 2 is 1.88 bits per heavy atom. The number of carbonyl (C=O) groups excluding carboxylic acids is 2. The van der Waals surface area contributed by atoms with Gasteiger partial charge in [-0.2, -0.15) is 5.10 Å². The summed E-state index contributed by atoms with van der Waals surface area (Å²) in [7, 11) is 1.29. The van der Waals surface area contributed by atoms with Gasteiger partial charge in [0, 0.05) is 24.3 Å². The highest BCUT2D eigenvalue weighted by Crippen LogP contribution is 2.36. The number of halogens is 1. The van der Waals surface area contributed by atoms with Gasteiger partial charge in [-0.05, 0) is 77.7 Å². The SMILES string of the molecule is CCOc1cc(/C=N\NC(=O)c2ccc(N3CCCC3)cc2)cc(Br)c1OCC(=O)OC. The molecule has 0 saturated carbocycles. The van der Waals surface area contributed by atoms with E-state index in [0.717, 1.165) is 18.8 Å². The lowest BCUT2D eigenvalue weighted by molar-refractivity contribution is -0.142. The number of hydrogen-bond donors (Lipinski definition) is 1. The summed E-state index contributed by atoms with van der Waals surface area (Å²) < 4.78 is 16.3. The van der Waals surface area contributed by atoms with Crippen molar-refractivity contribution < 1.29 is 23.8 Å². The summed E-state index contributed by atoms with van der Waals surface area (Å²) in [4.78, 5) is 26.1. The summed E-state index contributed by atoms with van der Waals surface area (Å²) >= 11 is 3.42. The van der Waals surface area contributed by atoms with Crippen LogP contribution in [0.3, 0.4) is 0 Å². The van der Waals surface area contributed by atoms with Gasteiger partial charge in [0.2, 0.25) is 0 Å². The van der Waals surface area contributed by atoms with Crippen LogP contribution in [0.25, 0.3) is 0 Å². The molecule has 32 heavy (non-hydrogen) atoms. The Labute approximate surface area is 195 Å². The number of ether oxygens (including phenoxy) is 3. The van der Waals surface area contributed by atoms with Crippen LogP contribution in [0, 0.1) is 0 Å². The van der Waals surface area contributed by atoms with Gasteiger partial charge in [-0.1, -0.05) is 0 Å². The standard InChI is InChI=1S/C23H26BrN3O5/c1-3-31-20-13-16(12-19(24)22(20)32-15-21(28)30-2)14-25-26-23(29)17-6-8-18(9-7-17)27-10-4-5-11-27/h6-9,12-14H,3-5,10-11,15H2,1-2H3,(H,26,29)/b25-14-. The number of carbonyl (C=O) groups is 2. The monoisotopic (exact) mass is 503 g/mol. The molecule has 8 nitrogen and oxygen atoms in total. The molecule has 2 aromatic rings. The topological polar surface area (TPSA) is 89.5 Å². The van der Waals surface area contributed by atoms with Gasteiger partial charge >= 0.3 is 5.97 Å². The molecule has 1 amide bonds. The van der Waals surface area contributed by atoms with E-state index < -0.39 is 5.97 Å². The normalized spacial score (nSPS) is 13.3. The Morgan fingerprint density at radius 1 is 1.16 bits per heavy atom. The molecule has 0 aromatic heterocycles. The van der Waals surface area contributed by atoms with Crippen LogP contribution in [0.15, 0.2) is 46.0 Å². The summed E-state index contributed by atoms with van der Waals surface area (Å²) in [5.74, 6) is 0.0325. The Hall–Kier alpha value is -3.07. The van der Waals surface area contributed by atoms with Crippen LogP contribution in [0.5, 0.6) is 11.5 Å². The first-order chi connectivity index (χ1) is 15.5. The van der Waals surface area contributed by atoms with Crippen molar-refractivity contribution in [1.82, 2.24) is 5.43 Å². The number of rotatable bonds is 9. The molecular weight excluding hydrogens is 478 g/mol. The number of benzene rings is 2. The van der Waals surface area contributed by atoms with Gasteiger partial charge in [0.25, 0.3) is 5.91 Å². The van der Waals surface area contributed by atoms with E-state index in [2.05, 4.69) is 36.1 Å². The van der Waals surface area contributed by atoms with Crippen LogP contribution < -0.4 is 19.8 Å². The molecular formula is C23H26BrN3O5. The molecule has 9 heteroatoms. The van der Waals surface area contributed by atoms with Gasteiger partial charge < -0.3 is 19.1 Å². The molecule has 1 heterocycles. The van der Waals surface area contributed by atoms with Crippen molar-refractivity contribution in [1.29, 1.82) is 0 Å². The van der Waals surface area contributed by atoms with E-state index in [9.17, 15) is 9.59 Å². The zero-order valence-electron chi connectivity index (χ0n) is 18.1. The van der Waals surface area contributed by atoms with Crippen molar-refractivity contribution in [2.45, 2.75) is 19.8 Å². The molecule has 0 spiro atoms. The lowest BCUT2D eigenvalue weighted by atomic mass is 10.2. The third-order valence-corrected chi connectivity index (χ3v) is 5.46. The summed E-state index contributed by atoms with van der Waals surface area (Å²) in [5, 5.41) is 4.05. The fourth-order valence-electron chi connectivity index (χ4n) is 3.28. The maximum absolute atomic E-state index is 12.4. The quantitative estimate of drug-likeness (QED) is 0.318. The molecule has 0 unspecified atom stereocenters. The van der Waals surface area contributed by atoms with Crippen LogP contribution in [0.2, 0.25) is 0 Å². The molecule has 1 aliphatic heterocycles. The number of methoxy groups -OCH3 is 1. The summed E-state index contributed by atoms with van der Waals surface area (Å²) in [6, 6.07) is 11.0. The molecule has 1 saturated heterocycles. The fourth-order valence-corrected chi connectivity index (χ4v) is 3.86. The summed E-state index contributed by atoms with van der Waals surface area (Å²) in [5.41, 5.74) is 4.88. The number of anilines is 1. The zero-order valence-corrected chi connectivity index (χ0v) is 19.7. The Bertz CT molecular complexity index is 972. The molecule has 170 valence electrons. The maximum atomic E-state index is 12.4. The predicted octanol–water partition coefficient (Wildman–Crippen LogP) is 3.76. The third kappa shape index (κ3) is 6.23. The van der Waals surface area contributed by atoms with E-state index in [1.807, 2.05) is 19.1 Å². The Morgan fingerprint density at radius 3 is 2.53 bits per heavy atom. The van der Waals surface area contributed by atoms with Crippen LogP contribution in [0.1, 0.15) is 35.7 Å². The van der Waals surface area contributed by atoms with E-state index in [0.29, 0.717) is 33.7 Å². The van der Waals surface area contributed by atoms with Gasteiger partial charge in [-0.25, -0.2) is 10.2 Å². The van der Waals surface area contributed by atoms with E-state index in [4.69, 9.17) is 9.47 Å². The fraction of sp³-hybridized carbons (Fsp3) is 0.348. The largest absolute Gasteiger partial charge is 0.490 e. The van der Waals surface area contributed by atoms with Crippen LogP contribution in [-0.2, 0) is 9.53 Å². The van der Waals surface area contributed by atoms with Crippen LogP contribution in [-0.4, -0.2) is 51.5 Å². The predicted molar refractivity (Wildman–Crippen MR) is 126 cm³/mol. The molecule has 1 fully saturated rings. The summed E-state index contributed by atoms with van der Waals surface area (Å²) in [6.45, 7) is 4.12. The minimum Gasteiger partial charge on any atom is -0.490 e. The van der Waals surface area contributed by atoms with E-state index in [-0.39, 0.29) is 12.5 Å². The molecule has 0 radical (unpaired) electrons. The molecule has 0 atom stereocenters. The van der Waals surface area contributed by atoms with Crippen molar-refractivity contribution in [3.8, 4) is 11.5 Å². The van der Waals surface area contributed by atoms with Gasteiger partial charge in [-0.15, -0.1) is 0 Å². The van der Waals surface area contributed by atoms with E-state index >= 15 is 0 Å². The first-order valence-electron chi connectivity index (χ1n) is 10.4. The lowest BCUT2D eigenvalue weighted by Crippen LogP contribution is -2.19. The van der Waals surface area contributed by atoms with Gasteiger partial charge in [0.05, 0.1) is 24.4 Å². The molecule has 3 rings (SSSR count). The molecule has 1 N–H and O–H groups in total. The third-order valence-electron chi connectivity index (χ3n) is 4.87. The minimum absolute atomic E-state index is 0.241. The number of nitrogens with zero attached hydrogens (tertiary/aromatic N) is 2. The number of esters is 1. The molecule has 0 bridgehead atoms. The average Bonchev–Trinajstić information content (AvgIpc) is 3.33. The highest BCUT2D eigenvalue weighted by Gasteiger charge is 2.15. The van der Waals surface area contributed by atoms with Gasteiger partial charge in [-0.3, -0.25) is 4.79 Å². The van der Waals surface area contributed by atoms with Crippen molar-refractivity contribution in [2.24, 2.45) is 5.10 Å². The first-order valence-corrected chi connectivity index (χ1v) is 11.2. The average molecular weight is 504 g/mol. The van der Waals surface area contributed by atoms with Crippen molar-refractivity contribution >= 4 is 39.7 Å². The maximum Gasteiger partial charge on any atom is 0.343 e. The van der Waals surface area contributed by atoms with Gasteiger partial charge in [0.15, 0.2) is 18.1 Å². The Balaban J connectivity index is 1.64. The number of hydrazone groups is 1. The number of hydrogen-bond acceptors (Lipinski definition) is 7. The van der Waals surface area contributed by atoms with Crippen molar-refractivity contribution in [3.05, 3.63) is 52.0 Å². The zero-order chi connectivity index (χ0) is 22.9. The van der Waals surface area contributed by atoms with Crippen molar-refractivity contribution in [2.75, 3.05) is 38.3 Å². The second-order valence-electron chi connectivity index (χ2n) is 7.07. The van der Waals surface area contributed by atoms with Crippen LogP contribution in [0.4, 0.5) is 5.69 Å². The molecule has 1 aliphatic rings. The van der Waals surface area contributed by atoms with Crippen molar-refractivity contribution in [3.63, 3.8) is 0 Å². The number of amides is 1.